The summed E-state index contributed by atoms with van der Waals surface area (Å²) in [6.45, 7) is 4.63. The van der Waals surface area contributed by atoms with Gasteiger partial charge in [0, 0.05) is 12.6 Å². The van der Waals surface area contributed by atoms with Crippen LogP contribution in [-0.2, 0) is 23.7 Å². The highest BCUT2D eigenvalue weighted by atomic mass is 19.4. The molecule has 0 spiro atoms. The molecular weight excluding hydrogens is 400 g/mol. The van der Waals surface area contributed by atoms with E-state index in [4.69, 9.17) is 4.74 Å². The number of nitrogens with zero attached hydrogens (tertiary/aromatic N) is 1. The fraction of sp³-hybridized carbons (Fsp3) is 0.700. The molecule has 0 aliphatic carbocycles. The Morgan fingerprint density at radius 3 is 2.10 bits per heavy atom. The summed E-state index contributed by atoms with van der Waals surface area (Å²) in [5, 5.41) is 10.2. The Bertz CT molecular complexity index is 693. The molecule has 3 atom stereocenters. The van der Waals surface area contributed by atoms with Crippen LogP contribution in [0.5, 0.6) is 0 Å². The summed E-state index contributed by atoms with van der Waals surface area (Å²) in [4.78, 5) is 2.22. The minimum absolute atomic E-state index is 0.121. The molecule has 3 rings (SSSR count). The first-order chi connectivity index (χ1) is 13.2. The zero-order valence-electron chi connectivity index (χ0n) is 16.3. The fourth-order valence-corrected chi connectivity index (χ4v) is 4.30. The molecule has 29 heavy (non-hydrogen) atoms. The summed E-state index contributed by atoms with van der Waals surface area (Å²) in [6, 6.07) is 1.75. The van der Waals surface area contributed by atoms with Gasteiger partial charge in [-0.25, -0.2) is 0 Å². The molecule has 9 heteroatoms. The normalized spacial score (nSPS) is 26.6. The molecule has 2 aliphatic rings. The van der Waals surface area contributed by atoms with Crippen molar-refractivity contribution in [3.8, 4) is 0 Å². The van der Waals surface area contributed by atoms with E-state index in [1.165, 1.54) is 0 Å². The quantitative estimate of drug-likeness (QED) is 0.699. The monoisotopic (exact) mass is 425 g/mol. The Labute approximate surface area is 165 Å². The van der Waals surface area contributed by atoms with Gasteiger partial charge in [-0.2, -0.15) is 26.3 Å². The summed E-state index contributed by atoms with van der Waals surface area (Å²) < 4.78 is 83.6. The van der Waals surface area contributed by atoms with Crippen molar-refractivity contribution in [3.05, 3.63) is 34.9 Å². The lowest BCUT2D eigenvalue weighted by atomic mass is 9.80. The highest BCUT2D eigenvalue weighted by molar-refractivity contribution is 5.33. The molecule has 1 N–H and O–H groups in total. The molecule has 164 valence electrons. The minimum Gasteiger partial charge on any atom is -0.390 e. The van der Waals surface area contributed by atoms with Gasteiger partial charge in [0.05, 0.1) is 29.4 Å². The van der Waals surface area contributed by atoms with Crippen LogP contribution < -0.4 is 0 Å². The Hall–Kier alpha value is -1.32. The van der Waals surface area contributed by atoms with Crippen molar-refractivity contribution in [2.45, 2.75) is 69.8 Å². The molecule has 0 radical (unpaired) electrons. The van der Waals surface area contributed by atoms with Gasteiger partial charge in [0.15, 0.2) is 0 Å². The molecule has 0 amide bonds. The number of hydrogen-bond donors (Lipinski definition) is 1. The SMILES string of the molecule is CC(C)(O)C1CCN2CC(OCc3cc(C(F)(F)F)cc(C(F)(F)F)c3)CC2C1. The van der Waals surface area contributed by atoms with E-state index in [9.17, 15) is 31.4 Å². The van der Waals surface area contributed by atoms with Crippen LogP contribution in [0.15, 0.2) is 18.2 Å². The average Bonchev–Trinajstić information content (AvgIpc) is 2.99. The first-order valence-corrected chi connectivity index (χ1v) is 9.60. The lowest BCUT2D eigenvalue weighted by Gasteiger charge is -2.39. The summed E-state index contributed by atoms with van der Waals surface area (Å²) in [7, 11) is 0. The van der Waals surface area contributed by atoms with Crippen LogP contribution in [0.3, 0.4) is 0 Å². The minimum atomic E-state index is -4.86. The van der Waals surface area contributed by atoms with E-state index in [0.717, 1.165) is 19.4 Å². The topological polar surface area (TPSA) is 32.7 Å². The lowest BCUT2D eigenvalue weighted by molar-refractivity contribution is -0.143. The van der Waals surface area contributed by atoms with Crippen LogP contribution in [0.4, 0.5) is 26.3 Å². The van der Waals surface area contributed by atoms with Crippen molar-refractivity contribution in [3.63, 3.8) is 0 Å². The van der Waals surface area contributed by atoms with Crippen molar-refractivity contribution in [1.29, 1.82) is 0 Å². The van der Waals surface area contributed by atoms with Gasteiger partial charge >= 0.3 is 12.4 Å². The number of rotatable bonds is 4. The second-order valence-corrected chi connectivity index (χ2v) is 8.61. The summed E-state index contributed by atoms with van der Waals surface area (Å²) in [6.07, 6.45) is -7.70. The molecule has 3 unspecified atom stereocenters. The molecule has 2 aliphatic heterocycles. The Kier molecular flexibility index (Phi) is 5.97. The summed E-state index contributed by atoms with van der Waals surface area (Å²) >= 11 is 0. The molecule has 1 aromatic carbocycles. The van der Waals surface area contributed by atoms with Crippen LogP contribution in [0.1, 0.15) is 49.8 Å². The predicted octanol–water partition coefficient (Wildman–Crippen LogP) is 4.86. The zero-order valence-corrected chi connectivity index (χ0v) is 16.3. The number of ether oxygens (including phenoxy) is 1. The van der Waals surface area contributed by atoms with Crippen LogP contribution in [0, 0.1) is 5.92 Å². The maximum atomic E-state index is 13.0. The van der Waals surface area contributed by atoms with Crippen LogP contribution in [0.2, 0.25) is 0 Å². The maximum Gasteiger partial charge on any atom is 0.416 e. The number of aliphatic hydroxyl groups is 1. The molecule has 1 aromatic rings. The Morgan fingerprint density at radius 2 is 1.59 bits per heavy atom. The van der Waals surface area contributed by atoms with Gasteiger partial charge < -0.3 is 9.84 Å². The molecule has 3 nitrogen and oxygen atoms in total. The van der Waals surface area contributed by atoms with E-state index in [0.29, 0.717) is 25.1 Å². The lowest BCUT2D eigenvalue weighted by Crippen LogP contribution is -2.44. The van der Waals surface area contributed by atoms with Gasteiger partial charge in [0.25, 0.3) is 0 Å². The molecule has 2 heterocycles. The van der Waals surface area contributed by atoms with E-state index in [1.54, 1.807) is 13.8 Å². The highest BCUT2D eigenvalue weighted by Crippen LogP contribution is 2.38. The van der Waals surface area contributed by atoms with Gasteiger partial charge in [0.2, 0.25) is 0 Å². The molecule has 2 saturated heterocycles. The predicted molar refractivity (Wildman–Crippen MR) is 94.0 cm³/mol. The Morgan fingerprint density at radius 1 is 1.00 bits per heavy atom. The van der Waals surface area contributed by atoms with Crippen molar-refractivity contribution in [1.82, 2.24) is 4.90 Å². The van der Waals surface area contributed by atoms with Gasteiger partial charge in [-0.05, 0) is 69.3 Å². The van der Waals surface area contributed by atoms with Crippen molar-refractivity contribution < 1.29 is 36.2 Å². The molecule has 0 bridgehead atoms. The van der Waals surface area contributed by atoms with E-state index in [2.05, 4.69) is 4.90 Å². The summed E-state index contributed by atoms with van der Waals surface area (Å²) in [5.74, 6) is 0.153. The molecule has 0 aromatic heterocycles. The molecule has 2 fully saturated rings. The number of hydrogen-bond acceptors (Lipinski definition) is 3. The number of halogens is 6. The average molecular weight is 425 g/mol. The standard InChI is InChI=1S/C20H25F6NO2/c1-18(2,28)13-3-4-27-10-17(9-16(27)8-13)29-11-12-5-14(19(21,22)23)7-15(6-12)20(24,25)26/h5-7,13,16-17,28H,3-4,8-11H2,1-2H3. The third kappa shape index (κ3) is 5.44. The van der Waals surface area contributed by atoms with E-state index in [1.807, 2.05) is 0 Å². The van der Waals surface area contributed by atoms with Gasteiger partial charge in [-0.1, -0.05) is 0 Å². The second kappa shape index (κ2) is 7.74. The van der Waals surface area contributed by atoms with Gasteiger partial charge in [0.1, 0.15) is 0 Å². The first kappa shape index (κ1) is 22.4. The molecule has 0 saturated carbocycles. The third-order valence-corrected chi connectivity index (χ3v) is 5.94. The smallest absolute Gasteiger partial charge is 0.390 e. The Balaban J connectivity index is 1.66. The zero-order chi connectivity index (χ0) is 21.6. The van der Waals surface area contributed by atoms with Gasteiger partial charge in [-0.15, -0.1) is 0 Å². The van der Waals surface area contributed by atoms with Crippen molar-refractivity contribution in [2.75, 3.05) is 13.1 Å². The largest absolute Gasteiger partial charge is 0.416 e. The van der Waals surface area contributed by atoms with Gasteiger partial charge in [-0.3, -0.25) is 4.90 Å². The van der Waals surface area contributed by atoms with E-state index in [-0.39, 0.29) is 36.3 Å². The van der Waals surface area contributed by atoms with E-state index >= 15 is 0 Å². The fourth-order valence-electron chi connectivity index (χ4n) is 4.30. The number of alkyl halides is 6. The third-order valence-electron chi connectivity index (χ3n) is 5.94. The van der Waals surface area contributed by atoms with Crippen molar-refractivity contribution >= 4 is 0 Å². The van der Waals surface area contributed by atoms with Crippen LogP contribution in [-0.4, -0.2) is 40.8 Å². The second-order valence-electron chi connectivity index (χ2n) is 8.61. The van der Waals surface area contributed by atoms with Crippen LogP contribution in [0.25, 0.3) is 0 Å². The molecular formula is C20H25F6NO2. The first-order valence-electron chi connectivity index (χ1n) is 9.60. The number of piperidine rings is 1. The maximum absolute atomic E-state index is 13.0. The van der Waals surface area contributed by atoms with Crippen LogP contribution >= 0.6 is 0 Å². The van der Waals surface area contributed by atoms with Crippen molar-refractivity contribution in [2.24, 2.45) is 5.92 Å². The van der Waals surface area contributed by atoms with E-state index < -0.39 is 29.1 Å². The number of benzene rings is 1. The number of fused-ring (bicyclic) bond motifs is 1. The highest BCUT2D eigenvalue weighted by Gasteiger charge is 2.41. The summed E-state index contributed by atoms with van der Waals surface area (Å²) in [5.41, 5.74) is -3.59.